The summed E-state index contributed by atoms with van der Waals surface area (Å²) in [6, 6.07) is 15.9. The van der Waals surface area contributed by atoms with Crippen molar-refractivity contribution in [3.05, 3.63) is 59.8 Å². The molecule has 3 heteroatoms. The van der Waals surface area contributed by atoms with Crippen LogP contribution in [0, 0.1) is 0 Å². The first-order valence-corrected chi connectivity index (χ1v) is 9.89. The quantitative estimate of drug-likeness (QED) is 0.800. The fourth-order valence-corrected chi connectivity index (χ4v) is 4.29. The Balaban J connectivity index is 1.45. The van der Waals surface area contributed by atoms with Crippen LogP contribution in [0.5, 0.6) is 0 Å². The Morgan fingerprint density at radius 3 is 2.36 bits per heavy atom. The minimum Gasteiger partial charge on any atom is -0.357 e. The second kappa shape index (κ2) is 8.01. The lowest BCUT2D eigenvalue weighted by atomic mass is 10.1. The molecular weight excluding hydrogens is 306 g/mol. The largest absolute Gasteiger partial charge is 0.357 e. The molecule has 132 valence electrons. The van der Waals surface area contributed by atoms with E-state index >= 15 is 0 Å². The highest BCUT2D eigenvalue weighted by Gasteiger charge is 2.26. The number of hydrogen-bond donors (Lipinski definition) is 0. The molecule has 0 saturated carbocycles. The highest BCUT2D eigenvalue weighted by Crippen LogP contribution is 2.33. The third-order valence-electron chi connectivity index (χ3n) is 5.68. The van der Waals surface area contributed by atoms with Gasteiger partial charge in [-0.1, -0.05) is 49.2 Å². The van der Waals surface area contributed by atoms with Crippen LogP contribution in [0.3, 0.4) is 0 Å². The normalized spacial score (nSPS) is 22.1. The van der Waals surface area contributed by atoms with Crippen molar-refractivity contribution in [3.8, 4) is 0 Å². The zero-order valence-corrected chi connectivity index (χ0v) is 15.1. The molecule has 1 aromatic heterocycles. The van der Waals surface area contributed by atoms with E-state index in [-0.39, 0.29) is 0 Å². The standard InChI is InChI=1S/C22H29N3/c1-2-7-15-24(14-6-1)22-13-12-20(17-23-22)21-11-8-16-25(21)18-19-9-4-3-5-10-19/h3-5,9-10,12-13,17,21H,1-2,6-8,11,14-16,18H2. The van der Waals surface area contributed by atoms with E-state index in [1.165, 1.54) is 62.0 Å². The number of aromatic nitrogens is 1. The minimum absolute atomic E-state index is 0.519. The molecule has 0 radical (unpaired) electrons. The Labute approximate surface area is 151 Å². The predicted molar refractivity (Wildman–Crippen MR) is 104 cm³/mol. The third-order valence-corrected chi connectivity index (χ3v) is 5.68. The van der Waals surface area contributed by atoms with Gasteiger partial charge in [0.25, 0.3) is 0 Å². The SMILES string of the molecule is c1ccc(CN2CCCC2c2ccc(N3CCCCCC3)nc2)cc1. The topological polar surface area (TPSA) is 19.4 Å². The van der Waals surface area contributed by atoms with Crippen molar-refractivity contribution < 1.29 is 0 Å². The van der Waals surface area contributed by atoms with E-state index in [0.717, 1.165) is 19.6 Å². The molecule has 2 aliphatic heterocycles. The van der Waals surface area contributed by atoms with Gasteiger partial charge in [0, 0.05) is 31.9 Å². The smallest absolute Gasteiger partial charge is 0.128 e. The fraction of sp³-hybridized carbons (Fsp3) is 0.500. The lowest BCUT2D eigenvalue weighted by molar-refractivity contribution is 0.248. The third kappa shape index (κ3) is 4.04. The van der Waals surface area contributed by atoms with Crippen LogP contribution in [-0.4, -0.2) is 29.5 Å². The van der Waals surface area contributed by atoms with Crippen LogP contribution in [0.15, 0.2) is 48.7 Å². The second-order valence-electron chi connectivity index (χ2n) is 7.47. The first-order valence-electron chi connectivity index (χ1n) is 9.89. The molecule has 4 rings (SSSR count). The van der Waals surface area contributed by atoms with Crippen molar-refractivity contribution in [1.29, 1.82) is 0 Å². The molecule has 1 atom stereocenters. The van der Waals surface area contributed by atoms with E-state index in [4.69, 9.17) is 4.98 Å². The molecule has 3 heterocycles. The van der Waals surface area contributed by atoms with Gasteiger partial charge in [-0.25, -0.2) is 4.98 Å². The number of pyridine rings is 1. The zero-order chi connectivity index (χ0) is 16.9. The second-order valence-corrected chi connectivity index (χ2v) is 7.47. The molecule has 1 aromatic carbocycles. The molecule has 25 heavy (non-hydrogen) atoms. The number of likely N-dealkylation sites (tertiary alicyclic amines) is 1. The van der Waals surface area contributed by atoms with E-state index in [1.54, 1.807) is 0 Å². The lowest BCUT2D eigenvalue weighted by Crippen LogP contribution is -2.25. The van der Waals surface area contributed by atoms with Crippen molar-refractivity contribution in [2.24, 2.45) is 0 Å². The van der Waals surface area contributed by atoms with E-state index in [9.17, 15) is 0 Å². The first-order chi connectivity index (χ1) is 12.4. The van der Waals surface area contributed by atoms with Gasteiger partial charge in [-0.2, -0.15) is 0 Å². The van der Waals surface area contributed by atoms with Gasteiger partial charge in [0.05, 0.1) is 0 Å². The van der Waals surface area contributed by atoms with E-state index in [2.05, 4.69) is 58.5 Å². The molecule has 0 bridgehead atoms. The Morgan fingerprint density at radius 1 is 0.840 bits per heavy atom. The van der Waals surface area contributed by atoms with Crippen LogP contribution < -0.4 is 4.90 Å². The van der Waals surface area contributed by atoms with Crippen molar-refractivity contribution in [1.82, 2.24) is 9.88 Å². The van der Waals surface area contributed by atoms with Crippen molar-refractivity contribution in [2.45, 2.75) is 51.1 Å². The summed E-state index contributed by atoms with van der Waals surface area (Å²) in [6.07, 6.45) is 10.0. The van der Waals surface area contributed by atoms with Crippen molar-refractivity contribution in [2.75, 3.05) is 24.5 Å². The van der Waals surface area contributed by atoms with Gasteiger partial charge in [-0.3, -0.25) is 4.90 Å². The maximum absolute atomic E-state index is 4.83. The van der Waals surface area contributed by atoms with Gasteiger partial charge in [-0.05, 0) is 49.4 Å². The molecule has 0 spiro atoms. The van der Waals surface area contributed by atoms with Crippen LogP contribution in [0.1, 0.15) is 55.7 Å². The van der Waals surface area contributed by atoms with Crippen LogP contribution in [0.2, 0.25) is 0 Å². The fourth-order valence-electron chi connectivity index (χ4n) is 4.29. The van der Waals surface area contributed by atoms with E-state index in [0.29, 0.717) is 6.04 Å². The van der Waals surface area contributed by atoms with Crippen molar-refractivity contribution >= 4 is 5.82 Å². The van der Waals surface area contributed by atoms with E-state index < -0.39 is 0 Å². The Hall–Kier alpha value is -1.87. The van der Waals surface area contributed by atoms with Gasteiger partial charge < -0.3 is 4.90 Å². The number of benzene rings is 1. The van der Waals surface area contributed by atoms with Crippen LogP contribution >= 0.6 is 0 Å². The van der Waals surface area contributed by atoms with Gasteiger partial charge in [0.15, 0.2) is 0 Å². The number of hydrogen-bond acceptors (Lipinski definition) is 3. The van der Waals surface area contributed by atoms with Gasteiger partial charge in [0.2, 0.25) is 0 Å². The molecule has 0 aliphatic carbocycles. The summed E-state index contributed by atoms with van der Waals surface area (Å²) in [4.78, 5) is 9.90. The molecular formula is C22H29N3. The highest BCUT2D eigenvalue weighted by atomic mass is 15.2. The van der Waals surface area contributed by atoms with Crippen LogP contribution in [0.4, 0.5) is 5.82 Å². The van der Waals surface area contributed by atoms with Crippen LogP contribution in [0.25, 0.3) is 0 Å². The molecule has 3 nitrogen and oxygen atoms in total. The number of anilines is 1. The number of rotatable bonds is 4. The van der Waals surface area contributed by atoms with Gasteiger partial charge in [-0.15, -0.1) is 0 Å². The lowest BCUT2D eigenvalue weighted by Gasteiger charge is -2.26. The monoisotopic (exact) mass is 335 g/mol. The Kier molecular flexibility index (Phi) is 5.31. The highest BCUT2D eigenvalue weighted by molar-refractivity contribution is 5.40. The molecule has 0 N–H and O–H groups in total. The van der Waals surface area contributed by atoms with E-state index in [1.807, 2.05) is 0 Å². The molecule has 2 aromatic rings. The summed E-state index contributed by atoms with van der Waals surface area (Å²) in [5.41, 5.74) is 2.79. The average Bonchev–Trinajstić information content (AvgIpc) is 2.95. The summed E-state index contributed by atoms with van der Waals surface area (Å²) in [6.45, 7) is 4.55. The summed E-state index contributed by atoms with van der Waals surface area (Å²) in [5, 5.41) is 0. The summed E-state index contributed by atoms with van der Waals surface area (Å²) < 4.78 is 0. The van der Waals surface area contributed by atoms with Gasteiger partial charge in [0.1, 0.15) is 5.82 Å². The Morgan fingerprint density at radius 2 is 1.64 bits per heavy atom. The molecule has 2 aliphatic rings. The molecule has 1 unspecified atom stereocenters. The summed E-state index contributed by atoms with van der Waals surface area (Å²) in [7, 11) is 0. The van der Waals surface area contributed by atoms with Crippen LogP contribution in [-0.2, 0) is 6.54 Å². The molecule has 2 fully saturated rings. The zero-order valence-electron chi connectivity index (χ0n) is 15.1. The summed E-state index contributed by atoms with van der Waals surface area (Å²) >= 11 is 0. The first kappa shape index (κ1) is 16.6. The average molecular weight is 335 g/mol. The summed E-state index contributed by atoms with van der Waals surface area (Å²) in [5.74, 6) is 1.17. The van der Waals surface area contributed by atoms with Crippen molar-refractivity contribution in [3.63, 3.8) is 0 Å². The maximum atomic E-state index is 4.83. The predicted octanol–water partition coefficient (Wildman–Crippen LogP) is 4.80. The number of nitrogens with zero attached hydrogens (tertiary/aromatic N) is 3. The van der Waals surface area contributed by atoms with Gasteiger partial charge >= 0.3 is 0 Å². The molecule has 0 amide bonds. The molecule has 2 saturated heterocycles. The minimum atomic E-state index is 0.519. The maximum Gasteiger partial charge on any atom is 0.128 e. The Bertz CT molecular complexity index is 645.